The molecular weight excluding hydrogens is 508 g/mol. The van der Waals surface area contributed by atoms with Gasteiger partial charge in [-0.3, -0.25) is 19.2 Å². The molecule has 210 valence electrons. The van der Waals surface area contributed by atoms with Gasteiger partial charge in [-0.2, -0.15) is 0 Å². The number of hydrogen-bond donors (Lipinski definition) is 4. The Labute approximate surface area is 226 Å². The van der Waals surface area contributed by atoms with Crippen molar-refractivity contribution >= 4 is 29.8 Å². The van der Waals surface area contributed by atoms with Crippen LogP contribution in [0.25, 0.3) is 0 Å². The van der Waals surface area contributed by atoms with Gasteiger partial charge in [0, 0.05) is 5.41 Å². The molecule has 0 unspecified atom stereocenters. The summed E-state index contributed by atoms with van der Waals surface area (Å²) >= 11 is 0. The molecule has 0 atom stereocenters. The number of aliphatic carboxylic acids is 4. The van der Waals surface area contributed by atoms with Gasteiger partial charge in [-0.1, -0.05) is 64.1 Å². The first-order valence-corrected chi connectivity index (χ1v) is 12.7. The molecule has 0 radical (unpaired) electrons. The molecule has 2 rings (SSSR count). The van der Waals surface area contributed by atoms with Crippen LogP contribution in [-0.4, -0.2) is 50.3 Å². The van der Waals surface area contributed by atoms with E-state index in [0.29, 0.717) is 16.7 Å². The monoisotopic (exact) mass is 542 g/mol. The summed E-state index contributed by atoms with van der Waals surface area (Å²) in [6, 6.07) is 10.4. The van der Waals surface area contributed by atoms with Crippen molar-refractivity contribution < 1.29 is 49.1 Å². The molecule has 0 aromatic heterocycles. The largest absolute Gasteiger partial charge is 0.481 e. The molecule has 0 spiro atoms. The maximum absolute atomic E-state index is 13.4. The quantitative estimate of drug-likeness (QED) is 0.202. The number of ether oxygens (including phenoxy) is 1. The van der Waals surface area contributed by atoms with Crippen LogP contribution < -0.4 is 0 Å². The number of hydrogen-bond acceptors (Lipinski definition) is 6. The summed E-state index contributed by atoms with van der Waals surface area (Å²) < 4.78 is 5.58. The van der Waals surface area contributed by atoms with Gasteiger partial charge < -0.3 is 25.2 Å². The fourth-order valence-electron chi connectivity index (χ4n) is 5.55. The summed E-state index contributed by atoms with van der Waals surface area (Å²) in [5, 5.41) is 39.9. The number of benzene rings is 2. The minimum absolute atomic E-state index is 0.00566. The highest BCUT2D eigenvalue weighted by Gasteiger charge is 2.59. The lowest BCUT2D eigenvalue weighted by Gasteiger charge is -2.41. The van der Waals surface area contributed by atoms with Gasteiger partial charge in [-0.15, -0.1) is 0 Å². The van der Waals surface area contributed by atoms with Gasteiger partial charge in [-0.05, 0) is 53.5 Å². The Hall–Kier alpha value is -4.21. The first-order chi connectivity index (χ1) is 18.4. The molecule has 0 saturated heterocycles. The molecule has 0 bridgehead atoms. The molecule has 10 nitrogen and oxygen atoms in total. The third-order valence-corrected chi connectivity index (χ3v) is 7.24. The van der Waals surface area contributed by atoms with Crippen LogP contribution in [0.3, 0.4) is 0 Å². The van der Waals surface area contributed by atoms with E-state index in [-0.39, 0.29) is 37.0 Å². The van der Waals surface area contributed by atoms with Crippen LogP contribution in [0.1, 0.15) is 72.3 Å². The minimum Gasteiger partial charge on any atom is -0.481 e. The summed E-state index contributed by atoms with van der Waals surface area (Å²) in [4.78, 5) is 62.7. The fourth-order valence-corrected chi connectivity index (χ4v) is 5.55. The van der Waals surface area contributed by atoms with Crippen molar-refractivity contribution in [2.24, 2.45) is 11.8 Å². The second-order valence-electron chi connectivity index (χ2n) is 9.15. The third-order valence-electron chi connectivity index (χ3n) is 7.24. The van der Waals surface area contributed by atoms with Crippen LogP contribution in [-0.2, 0) is 55.2 Å². The van der Waals surface area contributed by atoms with E-state index in [0.717, 1.165) is 5.56 Å². The van der Waals surface area contributed by atoms with Crippen LogP contribution in [0, 0.1) is 11.8 Å². The van der Waals surface area contributed by atoms with Crippen LogP contribution in [0.2, 0.25) is 0 Å². The molecule has 0 aliphatic carbocycles. The van der Waals surface area contributed by atoms with Gasteiger partial charge in [0.1, 0.15) is 6.61 Å². The van der Waals surface area contributed by atoms with Crippen LogP contribution in [0.4, 0.5) is 0 Å². The Bertz CT molecular complexity index is 1190. The van der Waals surface area contributed by atoms with Gasteiger partial charge in [0.15, 0.2) is 11.8 Å². The lowest BCUT2D eigenvalue weighted by molar-refractivity contribution is -0.167. The topological polar surface area (TPSA) is 175 Å². The average molecular weight is 543 g/mol. The summed E-state index contributed by atoms with van der Waals surface area (Å²) in [6.45, 7) is 6.53. The van der Waals surface area contributed by atoms with Gasteiger partial charge in [0.05, 0.1) is 5.56 Å². The Morgan fingerprint density at radius 2 is 1.23 bits per heavy atom. The second kappa shape index (κ2) is 13.0. The molecule has 10 heteroatoms. The molecule has 0 heterocycles. The van der Waals surface area contributed by atoms with E-state index in [9.17, 15) is 44.4 Å². The molecule has 2 aromatic rings. The van der Waals surface area contributed by atoms with Crippen molar-refractivity contribution in [2.75, 3.05) is 0 Å². The second-order valence-corrected chi connectivity index (χ2v) is 9.15. The van der Waals surface area contributed by atoms with Crippen LogP contribution in [0.5, 0.6) is 0 Å². The summed E-state index contributed by atoms with van der Waals surface area (Å²) in [6.07, 6.45) is 0.210. The number of esters is 1. The van der Waals surface area contributed by atoms with Crippen molar-refractivity contribution in [2.45, 2.75) is 65.4 Å². The van der Waals surface area contributed by atoms with Crippen molar-refractivity contribution in [3.63, 3.8) is 0 Å². The summed E-state index contributed by atoms with van der Waals surface area (Å²) in [5.41, 5.74) is -0.248. The molecule has 2 aromatic carbocycles. The summed E-state index contributed by atoms with van der Waals surface area (Å²) in [7, 11) is 0. The summed E-state index contributed by atoms with van der Waals surface area (Å²) in [5.74, 6) is -12.9. The Morgan fingerprint density at radius 1 is 0.744 bits per heavy atom. The number of carboxylic acid groups (broad SMARTS) is 4. The molecular formula is C29H34O10. The lowest BCUT2D eigenvalue weighted by atomic mass is 9.58. The van der Waals surface area contributed by atoms with Gasteiger partial charge in [0.2, 0.25) is 0 Å². The Balaban J connectivity index is 2.97. The average Bonchev–Trinajstić information content (AvgIpc) is 2.89. The number of aryl methyl sites for hydroxylation is 1. The van der Waals surface area contributed by atoms with E-state index in [1.807, 2.05) is 6.07 Å². The number of carbonyl (C=O) groups is 5. The van der Waals surface area contributed by atoms with Gasteiger partial charge >= 0.3 is 29.8 Å². The highest BCUT2D eigenvalue weighted by Crippen LogP contribution is 2.47. The van der Waals surface area contributed by atoms with E-state index < -0.39 is 53.5 Å². The number of carbonyl (C=O) groups excluding carboxylic acids is 1. The Kier molecular flexibility index (Phi) is 10.4. The normalized spacial score (nSPS) is 11.4. The highest BCUT2D eigenvalue weighted by molar-refractivity contribution is 6.02. The SMILES string of the molecule is CCc1cc(C(CC)(C(C(=O)O)C(=O)O)C(C(=O)O)C(=O)O)c(CC)c(CC)c1C(=O)OCc1ccccc1. The van der Waals surface area contributed by atoms with Crippen molar-refractivity contribution in [1.82, 2.24) is 0 Å². The van der Waals surface area contributed by atoms with E-state index in [2.05, 4.69) is 0 Å². The van der Waals surface area contributed by atoms with Gasteiger partial charge in [-0.25, -0.2) is 4.79 Å². The zero-order chi connectivity index (χ0) is 29.5. The van der Waals surface area contributed by atoms with E-state index in [4.69, 9.17) is 4.74 Å². The Morgan fingerprint density at radius 3 is 1.62 bits per heavy atom. The predicted molar refractivity (Wildman–Crippen MR) is 140 cm³/mol. The van der Waals surface area contributed by atoms with Crippen molar-refractivity contribution in [3.05, 3.63) is 69.8 Å². The van der Waals surface area contributed by atoms with E-state index in [1.165, 1.54) is 13.0 Å². The first-order valence-electron chi connectivity index (χ1n) is 12.7. The third kappa shape index (κ3) is 5.94. The first kappa shape index (κ1) is 31.0. The minimum atomic E-state index is -2.39. The van der Waals surface area contributed by atoms with Crippen LogP contribution in [0.15, 0.2) is 36.4 Å². The molecule has 39 heavy (non-hydrogen) atoms. The molecule has 0 saturated carbocycles. The van der Waals surface area contributed by atoms with E-state index >= 15 is 0 Å². The predicted octanol–water partition coefficient (Wildman–Crippen LogP) is 3.95. The van der Waals surface area contributed by atoms with Crippen LogP contribution >= 0.6 is 0 Å². The van der Waals surface area contributed by atoms with Crippen molar-refractivity contribution in [3.8, 4) is 0 Å². The standard InChI is InChI=1S/C29H34O10/c1-5-17-14-20(29(8-4,22(24(30)31)25(32)33)23(26(34)35)27(36)37)18(6-2)19(7-3)21(17)28(38)39-15-16-12-10-9-11-13-16/h9-14,22-23H,5-8,15H2,1-4H3,(H,30,31)(H,32,33)(H,34,35)(H,36,37). The smallest absolute Gasteiger partial charge is 0.339 e. The number of carboxylic acids is 4. The highest BCUT2D eigenvalue weighted by atomic mass is 16.5. The lowest BCUT2D eigenvalue weighted by Crippen LogP contribution is -2.55. The molecule has 0 aliphatic rings. The zero-order valence-corrected chi connectivity index (χ0v) is 22.4. The molecule has 0 aliphatic heterocycles. The number of rotatable bonds is 14. The molecule has 4 N–H and O–H groups in total. The fraction of sp³-hybridized carbons (Fsp3) is 0.414. The molecule has 0 fully saturated rings. The molecule has 0 amide bonds. The zero-order valence-electron chi connectivity index (χ0n) is 22.4. The van der Waals surface area contributed by atoms with E-state index in [1.54, 1.807) is 45.0 Å². The maximum Gasteiger partial charge on any atom is 0.339 e. The van der Waals surface area contributed by atoms with Crippen molar-refractivity contribution in [1.29, 1.82) is 0 Å². The maximum atomic E-state index is 13.4. The van der Waals surface area contributed by atoms with Gasteiger partial charge in [0.25, 0.3) is 0 Å².